The largest absolute Gasteiger partial charge is 0.445 e. The summed E-state index contributed by atoms with van der Waals surface area (Å²) in [6.45, 7) is 7.12. The Labute approximate surface area is 252 Å². The highest BCUT2D eigenvalue weighted by molar-refractivity contribution is 6.28. The van der Waals surface area contributed by atoms with Gasteiger partial charge in [-0.15, -0.1) is 0 Å². The Morgan fingerprint density at radius 1 is 0.976 bits per heavy atom. The molecule has 1 unspecified atom stereocenters. The molecule has 0 N–H and O–H groups in total. The molecule has 3 heterocycles. The molecule has 6 rings (SSSR count). The zero-order chi connectivity index (χ0) is 29.5. The minimum atomic E-state index is -0.405. The number of benzene rings is 3. The maximum atomic E-state index is 13.0. The monoisotopic (exact) mass is 582 g/mol. The second-order valence-corrected chi connectivity index (χ2v) is 10.4. The SMILES string of the molecule is CC.N#CCC1CN(c2nc(Cl)nc3c2CCN(c2cccc4ccccc24)C3)CCN1C(=O)OCc1ccccc1. The van der Waals surface area contributed by atoms with Crippen LogP contribution in [0.1, 0.15) is 37.1 Å². The van der Waals surface area contributed by atoms with Gasteiger partial charge in [-0.2, -0.15) is 5.26 Å². The van der Waals surface area contributed by atoms with Crippen molar-refractivity contribution in [1.29, 1.82) is 5.26 Å². The lowest BCUT2D eigenvalue weighted by atomic mass is 10.0. The van der Waals surface area contributed by atoms with Crippen molar-refractivity contribution in [3.63, 3.8) is 0 Å². The summed E-state index contributed by atoms with van der Waals surface area (Å²) in [7, 11) is 0. The fraction of sp³-hybridized carbons (Fsp3) is 0.333. The van der Waals surface area contributed by atoms with Gasteiger partial charge in [0.2, 0.25) is 5.28 Å². The molecular weight excluding hydrogens is 548 g/mol. The number of ether oxygens (including phenoxy) is 1. The van der Waals surface area contributed by atoms with Crippen LogP contribution in [0.25, 0.3) is 10.8 Å². The van der Waals surface area contributed by atoms with E-state index in [0.717, 1.165) is 35.6 Å². The third-order valence-electron chi connectivity index (χ3n) is 7.67. The second kappa shape index (κ2) is 13.5. The number of fused-ring (bicyclic) bond motifs is 2. The van der Waals surface area contributed by atoms with Gasteiger partial charge >= 0.3 is 6.09 Å². The van der Waals surface area contributed by atoms with Crippen molar-refractivity contribution in [1.82, 2.24) is 14.9 Å². The first-order chi connectivity index (χ1) is 20.6. The summed E-state index contributed by atoms with van der Waals surface area (Å²) in [5.74, 6) is 0.799. The van der Waals surface area contributed by atoms with Crippen LogP contribution >= 0.6 is 11.6 Å². The van der Waals surface area contributed by atoms with E-state index < -0.39 is 6.09 Å². The van der Waals surface area contributed by atoms with Gasteiger partial charge in [-0.05, 0) is 35.0 Å². The van der Waals surface area contributed by atoms with Gasteiger partial charge in [0.25, 0.3) is 0 Å². The van der Waals surface area contributed by atoms with E-state index in [4.69, 9.17) is 16.3 Å². The maximum Gasteiger partial charge on any atom is 0.410 e. The molecule has 1 fully saturated rings. The predicted octanol–water partition coefficient (Wildman–Crippen LogP) is 6.61. The summed E-state index contributed by atoms with van der Waals surface area (Å²) in [6.07, 6.45) is 0.567. The van der Waals surface area contributed by atoms with Gasteiger partial charge in [-0.3, -0.25) is 0 Å². The first-order valence-corrected chi connectivity index (χ1v) is 14.9. The second-order valence-electron chi connectivity index (χ2n) is 10.1. The molecular formula is C33H35ClN6O2. The van der Waals surface area contributed by atoms with Crippen LogP contribution in [0.3, 0.4) is 0 Å². The summed E-state index contributed by atoms with van der Waals surface area (Å²) in [6, 6.07) is 26.3. The van der Waals surface area contributed by atoms with Gasteiger partial charge in [-0.25, -0.2) is 14.8 Å². The van der Waals surface area contributed by atoms with Crippen LogP contribution < -0.4 is 9.80 Å². The highest BCUT2D eigenvalue weighted by atomic mass is 35.5. The van der Waals surface area contributed by atoms with Crippen molar-refractivity contribution in [2.45, 2.75) is 45.9 Å². The number of aromatic nitrogens is 2. The standard InChI is InChI=1S/C31H29ClN6O2.C2H6/c32-30-34-27-20-36(28-12-6-10-23-9-4-5-11-25(23)28)16-14-26(27)29(35-30)37-17-18-38(24(19-37)13-15-33)31(39)40-21-22-7-2-1-3-8-22;1-2/h1-12,24H,13-14,16-21H2;1-2H3. The average Bonchev–Trinajstić information content (AvgIpc) is 3.04. The Balaban J connectivity index is 0.00000173. The van der Waals surface area contributed by atoms with Crippen LogP contribution in [0.15, 0.2) is 72.8 Å². The molecule has 0 spiro atoms. The molecule has 9 heteroatoms. The number of nitriles is 1. The van der Waals surface area contributed by atoms with Crippen molar-refractivity contribution in [2.75, 3.05) is 36.0 Å². The first-order valence-electron chi connectivity index (χ1n) is 14.5. The van der Waals surface area contributed by atoms with E-state index in [2.05, 4.69) is 68.3 Å². The molecule has 0 saturated carbocycles. The number of amides is 1. The minimum absolute atomic E-state index is 0.196. The topological polar surface area (TPSA) is 85.6 Å². The Morgan fingerprint density at radius 2 is 1.74 bits per heavy atom. The fourth-order valence-corrected chi connectivity index (χ4v) is 5.88. The number of piperazine rings is 1. The molecule has 0 radical (unpaired) electrons. The van der Waals surface area contributed by atoms with Crippen molar-refractivity contribution >= 4 is 40.0 Å². The molecule has 2 aliphatic rings. The molecule has 8 nitrogen and oxygen atoms in total. The smallest absolute Gasteiger partial charge is 0.410 e. The highest BCUT2D eigenvalue weighted by Gasteiger charge is 2.34. The fourth-order valence-electron chi connectivity index (χ4n) is 5.70. The third kappa shape index (κ3) is 6.27. The van der Waals surface area contributed by atoms with E-state index in [1.807, 2.05) is 44.2 Å². The number of hydrogen-bond acceptors (Lipinski definition) is 7. The average molecular weight is 583 g/mol. The van der Waals surface area contributed by atoms with E-state index >= 15 is 0 Å². The van der Waals surface area contributed by atoms with Gasteiger partial charge in [0.05, 0.1) is 30.8 Å². The van der Waals surface area contributed by atoms with E-state index in [9.17, 15) is 10.1 Å². The molecule has 1 aromatic heterocycles. The van der Waals surface area contributed by atoms with Gasteiger partial charge in [0, 0.05) is 42.8 Å². The quantitative estimate of drug-likeness (QED) is 0.245. The Morgan fingerprint density at radius 3 is 2.55 bits per heavy atom. The first kappa shape index (κ1) is 29.2. The Hall–Kier alpha value is -4.35. The summed E-state index contributed by atoms with van der Waals surface area (Å²) in [4.78, 5) is 28.4. The van der Waals surface area contributed by atoms with Gasteiger partial charge < -0.3 is 19.4 Å². The van der Waals surface area contributed by atoms with E-state index in [0.29, 0.717) is 26.2 Å². The lowest BCUT2D eigenvalue weighted by molar-refractivity contribution is 0.0768. The number of halogens is 1. The number of anilines is 2. The molecule has 42 heavy (non-hydrogen) atoms. The molecule has 216 valence electrons. The van der Waals surface area contributed by atoms with Gasteiger partial charge in [-0.1, -0.05) is 80.6 Å². The summed E-state index contributed by atoms with van der Waals surface area (Å²) in [5.41, 5.74) is 4.09. The van der Waals surface area contributed by atoms with Crippen LogP contribution in [0, 0.1) is 11.3 Å². The molecule has 2 aliphatic heterocycles. The zero-order valence-corrected chi connectivity index (χ0v) is 24.8. The molecule has 3 aromatic carbocycles. The van der Waals surface area contributed by atoms with Crippen LogP contribution in [-0.4, -0.2) is 53.2 Å². The van der Waals surface area contributed by atoms with E-state index in [1.165, 1.54) is 16.5 Å². The molecule has 1 saturated heterocycles. The predicted molar refractivity (Wildman–Crippen MR) is 167 cm³/mol. The number of rotatable bonds is 5. The van der Waals surface area contributed by atoms with Crippen molar-refractivity contribution < 1.29 is 9.53 Å². The van der Waals surface area contributed by atoms with Gasteiger partial charge in [0.15, 0.2) is 0 Å². The summed E-state index contributed by atoms with van der Waals surface area (Å²) < 4.78 is 5.59. The maximum absolute atomic E-state index is 13.0. The lowest BCUT2D eigenvalue weighted by Crippen LogP contribution is -2.55. The van der Waals surface area contributed by atoms with E-state index in [-0.39, 0.29) is 24.4 Å². The zero-order valence-electron chi connectivity index (χ0n) is 24.0. The molecule has 1 atom stereocenters. The van der Waals surface area contributed by atoms with Crippen molar-refractivity contribution in [3.05, 3.63) is 94.9 Å². The molecule has 0 bridgehead atoms. The van der Waals surface area contributed by atoms with Crippen LogP contribution in [0.5, 0.6) is 0 Å². The third-order valence-corrected chi connectivity index (χ3v) is 7.84. The van der Waals surface area contributed by atoms with Crippen molar-refractivity contribution in [2.24, 2.45) is 0 Å². The summed E-state index contributed by atoms with van der Waals surface area (Å²) in [5, 5.41) is 12.2. The number of carbonyl (C=O) groups excluding carboxylic acids is 1. The van der Waals surface area contributed by atoms with Crippen molar-refractivity contribution in [3.8, 4) is 6.07 Å². The van der Waals surface area contributed by atoms with E-state index in [1.54, 1.807) is 4.90 Å². The normalized spacial score (nSPS) is 16.2. The molecule has 0 aliphatic carbocycles. The number of carbonyl (C=O) groups is 1. The van der Waals surface area contributed by atoms with Gasteiger partial charge in [0.1, 0.15) is 12.4 Å². The summed E-state index contributed by atoms with van der Waals surface area (Å²) >= 11 is 6.46. The highest BCUT2D eigenvalue weighted by Crippen LogP contribution is 2.34. The van der Waals surface area contributed by atoms with Crippen LogP contribution in [0.4, 0.5) is 16.3 Å². The molecule has 1 amide bonds. The van der Waals surface area contributed by atoms with Crippen LogP contribution in [0.2, 0.25) is 5.28 Å². The minimum Gasteiger partial charge on any atom is -0.445 e. The Bertz CT molecular complexity index is 1570. The number of hydrogen-bond donors (Lipinski definition) is 0. The van der Waals surface area contributed by atoms with Crippen LogP contribution in [-0.2, 0) is 24.3 Å². The molecule has 4 aromatic rings. The number of nitrogens with zero attached hydrogens (tertiary/aromatic N) is 6. The Kier molecular flexibility index (Phi) is 9.40. The lowest BCUT2D eigenvalue weighted by Gasteiger charge is -2.41.